The van der Waals surface area contributed by atoms with E-state index in [9.17, 15) is 23.2 Å². The van der Waals surface area contributed by atoms with Gasteiger partial charge in [0.25, 0.3) is 0 Å². The second-order valence-electron chi connectivity index (χ2n) is 4.53. The normalized spacial score (nSPS) is 18.1. The fourth-order valence-corrected chi connectivity index (χ4v) is 3.07. The summed E-state index contributed by atoms with van der Waals surface area (Å²) in [5.41, 5.74) is -0.686. The maximum atomic E-state index is 13.3. The molecule has 1 aliphatic heterocycles. The van der Waals surface area contributed by atoms with Gasteiger partial charge in [0.1, 0.15) is 0 Å². The first-order valence-corrected chi connectivity index (χ1v) is 6.87. The van der Waals surface area contributed by atoms with E-state index in [0.29, 0.717) is 12.1 Å². The van der Waals surface area contributed by atoms with Crippen LogP contribution in [-0.4, -0.2) is 33.9 Å². The van der Waals surface area contributed by atoms with Crippen molar-refractivity contribution in [3.05, 3.63) is 29.3 Å². The van der Waals surface area contributed by atoms with Gasteiger partial charge in [-0.15, -0.1) is 0 Å². The first kappa shape index (κ1) is 15.4. The molecule has 1 N–H and O–H groups in total. The van der Waals surface area contributed by atoms with Crippen LogP contribution in [0.1, 0.15) is 23.7 Å². The maximum Gasteiger partial charge on any atom is 0.337 e. The van der Waals surface area contributed by atoms with Crippen molar-refractivity contribution in [3.63, 3.8) is 0 Å². The summed E-state index contributed by atoms with van der Waals surface area (Å²) in [6.45, 7) is 1.44. The number of aromatic carboxylic acids is 1. The fourth-order valence-electron chi connectivity index (χ4n) is 2.15. The SMILES string of the molecule is CC(=O)SC1CC(=O)N(c2cc(F)c(F)cc2C(=O)O)C1. The highest BCUT2D eigenvalue weighted by Crippen LogP contribution is 2.32. The van der Waals surface area contributed by atoms with Crippen LogP contribution >= 0.6 is 11.8 Å². The molecule has 1 aliphatic rings. The number of halogens is 2. The summed E-state index contributed by atoms with van der Waals surface area (Å²) in [5.74, 6) is -4.41. The molecule has 1 amide bonds. The van der Waals surface area contributed by atoms with E-state index in [4.69, 9.17) is 5.11 Å². The van der Waals surface area contributed by atoms with Gasteiger partial charge in [0.15, 0.2) is 16.7 Å². The third-order valence-electron chi connectivity index (χ3n) is 2.98. The van der Waals surface area contributed by atoms with Gasteiger partial charge in [-0.25, -0.2) is 13.6 Å². The summed E-state index contributed by atoms with van der Waals surface area (Å²) in [4.78, 5) is 35.2. The third-order valence-corrected chi connectivity index (χ3v) is 3.96. The monoisotopic (exact) mass is 315 g/mol. The largest absolute Gasteiger partial charge is 0.478 e. The molecule has 1 aromatic rings. The molecule has 21 heavy (non-hydrogen) atoms. The molecule has 1 unspecified atom stereocenters. The van der Waals surface area contributed by atoms with E-state index < -0.39 is 29.1 Å². The Hall–Kier alpha value is -1.96. The molecule has 1 fully saturated rings. The number of carbonyl (C=O) groups excluding carboxylic acids is 2. The van der Waals surface area contributed by atoms with Gasteiger partial charge in [0, 0.05) is 31.2 Å². The Kier molecular flexibility index (Phi) is 4.26. The first-order valence-electron chi connectivity index (χ1n) is 5.99. The number of anilines is 1. The lowest BCUT2D eigenvalue weighted by molar-refractivity contribution is -0.117. The Balaban J connectivity index is 2.37. The molecule has 0 aromatic heterocycles. The highest BCUT2D eigenvalue weighted by Gasteiger charge is 2.34. The van der Waals surface area contributed by atoms with Crippen LogP contribution in [0.2, 0.25) is 0 Å². The van der Waals surface area contributed by atoms with Gasteiger partial charge in [0.2, 0.25) is 5.91 Å². The van der Waals surface area contributed by atoms with Gasteiger partial charge >= 0.3 is 5.97 Å². The highest BCUT2D eigenvalue weighted by atomic mass is 32.2. The zero-order valence-electron chi connectivity index (χ0n) is 10.9. The molecular weight excluding hydrogens is 304 g/mol. The number of amides is 1. The Morgan fingerprint density at radius 2 is 1.95 bits per heavy atom. The number of rotatable bonds is 3. The standard InChI is InChI=1S/C13H11F2NO4S/c1-6(17)21-7-2-12(18)16(5-7)11-4-10(15)9(14)3-8(11)13(19)20/h3-4,7H,2,5H2,1H3,(H,19,20). The van der Waals surface area contributed by atoms with Gasteiger partial charge in [0.05, 0.1) is 11.3 Å². The Labute approximate surface area is 122 Å². The van der Waals surface area contributed by atoms with Gasteiger partial charge in [-0.05, 0) is 6.07 Å². The van der Waals surface area contributed by atoms with Crippen LogP contribution in [-0.2, 0) is 9.59 Å². The zero-order chi connectivity index (χ0) is 15.7. The number of carboxylic acid groups (broad SMARTS) is 1. The van der Waals surface area contributed by atoms with Gasteiger partial charge in [-0.1, -0.05) is 11.8 Å². The Bertz CT molecular complexity index is 635. The predicted octanol–water partition coefficient (Wildman–Crippen LogP) is 2.05. The predicted molar refractivity (Wildman–Crippen MR) is 72.3 cm³/mol. The molecule has 0 spiro atoms. The summed E-state index contributed by atoms with van der Waals surface area (Å²) in [5, 5.41) is 8.56. The number of carbonyl (C=O) groups is 3. The van der Waals surface area contributed by atoms with E-state index in [1.165, 1.54) is 6.92 Å². The molecule has 0 aliphatic carbocycles. The lowest BCUT2D eigenvalue weighted by atomic mass is 10.1. The molecule has 0 bridgehead atoms. The van der Waals surface area contributed by atoms with Crippen molar-refractivity contribution in [3.8, 4) is 0 Å². The second kappa shape index (κ2) is 5.80. The maximum absolute atomic E-state index is 13.3. The molecule has 0 saturated carbocycles. The van der Waals surface area contributed by atoms with Crippen molar-refractivity contribution in [2.75, 3.05) is 11.4 Å². The number of nitrogens with zero attached hydrogens (tertiary/aromatic N) is 1. The number of thioether (sulfide) groups is 1. The van der Waals surface area contributed by atoms with Gasteiger partial charge < -0.3 is 10.0 Å². The average Bonchev–Trinajstić information content (AvgIpc) is 2.71. The summed E-state index contributed by atoms with van der Waals surface area (Å²) < 4.78 is 26.5. The first-order chi connectivity index (χ1) is 9.79. The highest BCUT2D eigenvalue weighted by molar-refractivity contribution is 8.14. The molecule has 0 radical (unpaired) electrons. The molecular formula is C13H11F2NO4S. The minimum absolute atomic E-state index is 0.0439. The van der Waals surface area contributed by atoms with Gasteiger partial charge in [-0.2, -0.15) is 0 Å². The quantitative estimate of drug-likeness (QED) is 0.924. The Morgan fingerprint density at radius 3 is 2.52 bits per heavy atom. The summed E-state index contributed by atoms with van der Waals surface area (Å²) in [7, 11) is 0. The average molecular weight is 315 g/mol. The number of benzene rings is 1. The number of hydrogen-bond acceptors (Lipinski definition) is 4. The van der Waals surface area contributed by atoms with E-state index >= 15 is 0 Å². The van der Waals surface area contributed by atoms with E-state index in [-0.39, 0.29) is 29.0 Å². The summed E-state index contributed by atoms with van der Waals surface area (Å²) in [6.07, 6.45) is 0.0439. The smallest absolute Gasteiger partial charge is 0.337 e. The minimum atomic E-state index is -1.46. The molecule has 112 valence electrons. The van der Waals surface area contributed by atoms with E-state index in [1.807, 2.05) is 0 Å². The van der Waals surface area contributed by atoms with Crippen LogP contribution in [0.15, 0.2) is 12.1 Å². The lowest BCUT2D eigenvalue weighted by Crippen LogP contribution is -2.27. The summed E-state index contributed by atoms with van der Waals surface area (Å²) >= 11 is 0.969. The molecule has 1 saturated heterocycles. The minimum Gasteiger partial charge on any atom is -0.478 e. The summed E-state index contributed by atoms with van der Waals surface area (Å²) in [6, 6.07) is 1.24. The fraction of sp³-hybridized carbons (Fsp3) is 0.308. The number of hydrogen-bond donors (Lipinski definition) is 1. The van der Waals surface area contributed by atoms with Crippen molar-refractivity contribution in [1.29, 1.82) is 0 Å². The third kappa shape index (κ3) is 3.21. The molecule has 5 nitrogen and oxygen atoms in total. The molecule has 1 aromatic carbocycles. The van der Waals surface area contributed by atoms with Gasteiger partial charge in [-0.3, -0.25) is 9.59 Å². The van der Waals surface area contributed by atoms with E-state index in [1.54, 1.807) is 0 Å². The number of carboxylic acids is 1. The van der Waals surface area contributed by atoms with Crippen molar-refractivity contribution in [1.82, 2.24) is 0 Å². The van der Waals surface area contributed by atoms with Crippen molar-refractivity contribution < 1.29 is 28.3 Å². The molecule has 1 heterocycles. The van der Waals surface area contributed by atoms with Crippen molar-refractivity contribution in [2.24, 2.45) is 0 Å². The molecule has 8 heteroatoms. The van der Waals surface area contributed by atoms with Crippen LogP contribution in [0.5, 0.6) is 0 Å². The molecule has 1 atom stereocenters. The van der Waals surface area contributed by atoms with Crippen LogP contribution < -0.4 is 4.90 Å². The van der Waals surface area contributed by atoms with Crippen LogP contribution in [0.25, 0.3) is 0 Å². The van der Waals surface area contributed by atoms with Crippen LogP contribution in [0, 0.1) is 11.6 Å². The molecule has 2 rings (SSSR count). The van der Waals surface area contributed by atoms with Crippen LogP contribution in [0.4, 0.5) is 14.5 Å². The van der Waals surface area contributed by atoms with Crippen molar-refractivity contribution >= 4 is 34.4 Å². The van der Waals surface area contributed by atoms with E-state index in [0.717, 1.165) is 16.7 Å². The zero-order valence-corrected chi connectivity index (χ0v) is 11.7. The Morgan fingerprint density at radius 1 is 1.33 bits per heavy atom. The van der Waals surface area contributed by atoms with Crippen LogP contribution in [0.3, 0.4) is 0 Å². The topological polar surface area (TPSA) is 74.7 Å². The lowest BCUT2D eigenvalue weighted by Gasteiger charge is -2.19. The second-order valence-corrected chi connectivity index (χ2v) is 6.01. The van der Waals surface area contributed by atoms with E-state index in [2.05, 4.69) is 0 Å². The van der Waals surface area contributed by atoms with Crippen molar-refractivity contribution in [2.45, 2.75) is 18.6 Å².